The van der Waals surface area contributed by atoms with E-state index in [1.165, 1.54) is 4.31 Å². The third-order valence-corrected chi connectivity index (χ3v) is 7.58. The maximum absolute atomic E-state index is 13.1. The van der Waals surface area contributed by atoms with Crippen LogP contribution in [0.2, 0.25) is 0 Å². The van der Waals surface area contributed by atoms with Crippen molar-refractivity contribution in [3.63, 3.8) is 0 Å². The highest BCUT2D eigenvalue weighted by molar-refractivity contribution is 7.89. The Morgan fingerprint density at radius 3 is 2.45 bits per heavy atom. The number of aromatic nitrogens is 2. The minimum absolute atomic E-state index is 0.218. The van der Waals surface area contributed by atoms with Gasteiger partial charge < -0.3 is 9.64 Å². The molecule has 0 amide bonds. The zero-order chi connectivity index (χ0) is 20.3. The van der Waals surface area contributed by atoms with Gasteiger partial charge in [0.15, 0.2) is 5.82 Å². The Hall–Kier alpha value is -2.49. The lowest BCUT2D eigenvalue weighted by atomic mass is 10.3. The molecule has 3 aromatic rings. The summed E-state index contributed by atoms with van der Waals surface area (Å²) in [6.07, 6.45) is 0. The normalized spacial score (nSPS) is 15.4. The molecule has 9 heteroatoms. The predicted octanol–water partition coefficient (Wildman–Crippen LogP) is 3.11. The monoisotopic (exact) mass is 430 g/mol. The van der Waals surface area contributed by atoms with E-state index in [2.05, 4.69) is 15.1 Å². The second-order valence-electron chi connectivity index (χ2n) is 6.52. The Morgan fingerprint density at radius 1 is 1.00 bits per heavy atom. The Kier molecular flexibility index (Phi) is 5.79. The minimum Gasteiger partial charge on any atom is -0.492 e. The van der Waals surface area contributed by atoms with Gasteiger partial charge in [-0.3, -0.25) is 0 Å². The van der Waals surface area contributed by atoms with Crippen molar-refractivity contribution in [1.29, 1.82) is 0 Å². The Morgan fingerprint density at radius 2 is 1.79 bits per heavy atom. The Balaban J connectivity index is 1.45. The number of anilines is 1. The van der Waals surface area contributed by atoms with Crippen molar-refractivity contribution < 1.29 is 13.2 Å². The van der Waals surface area contributed by atoms with Gasteiger partial charge in [-0.15, -0.1) is 21.5 Å². The van der Waals surface area contributed by atoms with Crippen LogP contribution in [0.1, 0.15) is 6.92 Å². The largest absolute Gasteiger partial charge is 0.492 e. The molecule has 0 radical (unpaired) electrons. The number of thiophene rings is 1. The molecule has 0 spiro atoms. The van der Waals surface area contributed by atoms with Crippen LogP contribution in [-0.2, 0) is 10.0 Å². The first kappa shape index (κ1) is 19.8. The topological polar surface area (TPSA) is 75.6 Å². The average Bonchev–Trinajstić information content (AvgIpc) is 3.29. The average molecular weight is 431 g/mol. The maximum Gasteiger partial charge on any atom is 0.246 e. The SMILES string of the molecule is CCOc1ccccc1S(=O)(=O)N1CCN(c2ccc(-c3cccs3)nn2)CC1. The van der Waals surface area contributed by atoms with Gasteiger partial charge in [0, 0.05) is 26.2 Å². The smallest absolute Gasteiger partial charge is 0.246 e. The standard InChI is InChI=1S/C20H22N4O3S2/c1-2-27-17-6-3-4-8-19(17)29(25,26)24-13-11-23(12-14-24)20-10-9-16(21-22-20)18-7-5-15-28-18/h3-10,15H,2,11-14H2,1H3. The molecule has 29 heavy (non-hydrogen) atoms. The molecule has 1 aliphatic heterocycles. The van der Waals surface area contributed by atoms with E-state index >= 15 is 0 Å². The van der Waals surface area contributed by atoms with Crippen LogP contribution in [0.5, 0.6) is 5.75 Å². The van der Waals surface area contributed by atoms with E-state index in [4.69, 9.17) is 4.74 Å². The van der Waals surface area contributed by atoms with Crippen LogP contribution in [0, 0.1) is 0 Å². The number of rotatable bonds is 6. The number of hydrogen-bond donors (Lipinski definition) is 0. The van der Waals surface area contributed by atoms with E-state index in [9.17, 15) is 8.42 Å². The maximum atomic E-state index is 13.1. The summed E-state index contributed by atoms with van der Waals surface area (Å²) >= 11 is 1.62. The molecule has 0 unspecified atom stereocenters. The summed E-state index contributed by atoms with van der Waals surface area (Å²) in [5, 5.41) is 10.7. The number of piperazine rings is 1. The first-order valence-electron chi connectivity index (χ1n) is 9.44. The number of benzene rings is 1. The van der Waals surface area contributed by atoms with Crippen LogP contribution in [0.4, 0.5) is 5.82 Å². The predicted molar refractivity (Wildman–Crippen MR) is 114 cm³/mol. The first-order valence-corrected chi connectivity index (χ1v) is 11.8. The lowest BCUT2D eigenvalue weighted by molar-refractivity contribution is 0.327. The van der Waals surface area contributed by atoms with Crippen LogP contribution < -0.4 is 9.64 Å². The molecular formula is C20H22N4O3S2. The van der Waals surface area contributed by atoms with Crippen molar-refractivity contribution in [1.82, 2.24) is 14.5 Å². The molecule has 2 aromatic heterocycles. The van der Waals surface area contributed by atoms with Crippen LogP contribution in [0.3, 0.4) is 0 Å². The van der Waals surface area contributed by atoms with Crippen molar-refractivity contribution >= 4 is 27.2 Å². The summed E-state index contributed by atoms with van der Waals surface area (Å²) in [4.78, 5) is 3.36. The Bertz CT molecular complexity index is 1050. The molecule has 7 nitrogen and oxygen atoms in total. The fraction of sp³-hybridized carbons (Fsp3) is 0.300. The van der Waals surface area contributed by atoms with Gasteiger partial charge in [-0.25, -0.2) is 8.42 Å². The van der Waals surface area contributed by atoms with Crippen molar-refractivity contribution in [2.75, 3.05) is 37.7 Å². The molecule has 0 bridgehead atoms. The number of hydrogen-bond acceptors (Lipinski definition) is 7. The van der Waals surface area contributed by atoms with E-state index in [1.54, 1.807) is 35.6 Å². The summed E-state index contributed by atoms with van der Waals surface area (Å²) in [7, 11) is -3.61. The zero-order valence-electron chi connectivity index (χ0n) is 16.1. The fourth-order valence-electron chi connectivity index (χ4n) is 3.28. The summed E-state index contributed by atoms with van der Waals surface area (Å²) in [5.41, 5.74) is 0.845. The van der Waals surface area contributed by atoms with Gasteiger partial charge in [0.1, 0.15) is 16.3 Å². The van der Waals surface area contributed by atoms with Crippen LogP contribution in [-0.4, -0.2) is 55.7 Å². The molecule has 0 saturated carbocycles. The van der Waals surface area contributed by atoms with E-state index in [1.807, 2.05) is 36.6 Å². The fourth-order valence-corrected chi connectivity index (χ4v) is 5.53. The van der Waals surface area contributed by atoms with Gasteiger partial charge in [0.25, 0.3) is 0 Å². The van der Waals surface area contributed by atoms with Gasteiger partial charge in [-0.05, 0) is 42.6 Å². The summed E-state index contributed by atoms with van der Waals surface area (Å²) in [6.45, 7) is 4.15. The van der Waals surface area contributed by atoms with E-state index in [0.717, 1.165) is 16.4 Å². The highest BCUT2D eigenvalue weighted by atomic mass is 32.2. The highest BCUT2D eigenvalue weighted by Gasteiger charge is 2.31. The van der Waals surface area contributed by atoms with Crippen LogP contribution in [0.15, 0.2) is 58.8 Å². The van der Waals surface area contributed by atoms with E-state index in [0.29, 0.717) is 38.5 Å². The highest BCUT2D eigenvalue weighted by Crippen LogP contribution is 2.28. The molecule has 0 aliphatic carbocycles. The molecule has 1 fully saturated rings. The van der Waals surface area contributed by atoms with E-state index in [-0.39, 0.29) is 4.90 Å². The summed E-state index contributed by atoms with van der Waals surface area (Å²) in [6, 6.07) is 14.7. The minimum atomic E-state index is -3.61. The number of para-hydroxylation sites is 1. The molecule has 0 N–H and O–H groups in total. The third kappa shape index (κ3) is 4.12. The number of sulfonamides is 1. The second-order valence-corrected chi connectivity index (χ2v) is 9.38. The second kappa shape index (κ2) is 8.48. The molecule has 1 saturated heterocycles. The third-order valence-electron chi connectivity index (χ3n) is 4.75. The van der Waals surface area contributed by atoms with Crippen LogP contribution in [0.25, 0.3) is 10.6 Å². The summed E-state index contributed by atoms with van der Waals surface area (Å²) < 4.78 is 33.2. The van der Waals surface area contributed by atoms with Crippen molar-refractivity contribution in [2.45, 2.75) is 11.8 Å². The first-order chi connectivity index (χ1) is 14.1. The Labute approximate surface area is 174 Å². The molecule has 4 rings (SSSR count). The molecule has 1 aliphatic rings. The lowest BCUT2D eigenvalue weighted by Gasteiger charge is -2.34. The quantitative estimate of drug-likeness (QED) is 0.598. The summed E-state index contributed by atoms with van der Waals surface area (Å²) in [5.74, 6) is 1.16. The van der Waals surface area contributed by atoms with Crippen molar-refractivity contribution in [3.8, 4) is 16.3 Å². The van der Waals surface area contributed by atoms with Gasteiger partial charge in [-0.2, -0.15) is 4.31 Å². The molecule has 3 heterocycles. The number of ether oxygens (including phenoxy) is 1. The zero-order valence-corrected chi connectivity index (χ0v) is 17.7. The molecule has 152 valence electrons. The lowest BCUT2D eigenvalue weighted by Crippen LogP contribution is -2.49. The van der Waals surface area contributed by atoms with Gasteiger partial charge in [-0.1, -0.05) is 18.2 Å². The number of nitrogens with zero attached hydrogens (tertiary/aromatic N) is 4. The molecule has 1 aromatic carbocycles. The van der Waals surface area contributed by atoms with Gasteiger partial charge >= 0.3 is 0 Å². The molecule has 0 atom stereocenters. The van der Waals surface area contributed by atoms with Crippen molar-refractivity contribution in [3.05, 3.63) is 53.9 Å². The van der Waals surface area contributed by atoms with Crippen LogP contribution >= 0.6 is 11.3 Å². The van der Waals surface area contributed by atoms with Gasteiger partial charge in [0.05, 0.1) is 11.5 Å². The van der Waals surface area contributed by atoms with Crippen molar-refractivity contribution in [2.24, 2.45) is 0 Å². The molecular weight excluding hydrogens is 408 g/mol. The van der Waals surface area contributed by atoms with Gasteiger partial charge in [0.2, 0.25) is 10.0 Å². The van der Waals surface area contributed by atoms with E-state index < -0.39 is 10.0 Å².